The fourth-order valence-corrected chi connectivity index (χ4v) is 3.82. The molecular formula is C23H39N3O4. The minimum Gasteiger partial charge on any atom is -0.498 e. The van der Waals surface area contributed by atoms with Crippen LogP contribution in [0.4, 0.5) is 0 Å². The van der Waals surface area contributed by atoms with E-state index in [0.717, 1.165) is 25.2 Å². The minimum absolute atomic E-state index is 0.0157. The maximum Gasteiger partial charge on any atom is 0.242 e. The molecule has 1 aliphatic rings. The van der Waals surface area contributed by atoms with Crippen molar-refractivity contribution < 1.29 is 14.4 Å². The molecule has 1 aromatic heterocycles. The predicted octanol–water partition coefficient (Wildman–Crippen LogP) is 5.95. The lowest BCUT2D eigenvalue weighted by molar-refractivity contribution is -0.752. The van der Waals surface area contributed by atoms with Crippen LogP contribution in [0.15, 0.2) is 42.7 Å². The van der Waals surface area contributed by atoms with Crippen LogP contribution in [0.5, 0.6) is 0 Å². The number of hydrogen-bond acceptors (Lipinski definition) is 4. The molecule has 0 saturated carbocycles. The Labute approximate surface area is 181 Å². The molecule has 2 rings (SSSR count). The van der Waals surface area contributed by atoms with Gasteiger partial charge in [0.05, 0.1) is 18.1 Å². The Morgan fingerprint density at radius 1 is 1.07 bits per heavy atom. The highest BCUT2D eigenvalue weighted by molar-refractivity contribution is 5.19. The number of aromatic nitrogens is 2. The van der Waals surface area contributed by atoms with Gasteiger partial charge >= 0.3 is 0 Å². The smallest absolute Gasteiger partial charge is 0.242 e. The van der Waals surface area contributed by atoms with Crippen molar-refractivity contribution in [3.8, 4) is 0 Å². The van der Waals surface area contributed by atoms with E-state index in [4.69, 9.17) is 20.1 Å². The van der Waals surface area contributed by atoms with Crippen molar-refractivity contribution in [2.45, 2.75) is 96.4 Å². The maximum absolute atomic E-state index is 8.25. The highest BCUT2D eigenvalue weighted by atomic mass is 16.9. The molecule has 0 saturated heterocycles. The Bertz CT molecular complexity index is 624. The highest BCUT2D eigenvalue weighted by Crippen LogP contribution is 2.29. The van der Waals surface area contributed by atoms with Crippen LogP contribution in [0.2, 0.25) is 0 Å². The zero-order valence-electron chi connectivity index (χ0n) is 18.7. The van der Waals surface area contributed by atoms with E-state index in [1.165, 1.54) is 64.2 Å². The minimum atomic E-state index is -1.75. The first-order valence-corrected chi connectivity index (χ1v) is 11.4. The molecule has 7 heteroatoms. The van der Waals surface area contributed by atoms with E-state index in [-0.39, 0.29) is 5.54 Å². The molecule has 0 bridgehead atoms. The van der Waals surface area contributed by atoms with Gasteiger partial charge in [0.25, 0.3) is 0 Å². The second kappa shape index (κ2) is 15.5. The largest absolute Gasteiger partial charge is 0.498 e. The molecule has 1 aromatic rings. The summed E-state index contributed by atoms with van der Waals surface area (Å²) in [4.78, 5) is 11.4. The van der Waals surface area contributed by atoms with Gasteiger partial charge < -0.3 is 20.1 Å². The van der Waals surface area contributed by atoms with Gasteiger partial charge in [0.2, 0.25) is 6.33 Å². The lowest BCUT2D eigenvalue weighted by Crippen LogP contribution is -2.54. The molecule has 0 aliphatic heterocycles. The van der Waals surface area contributed by atoms with Crippen LogP contribution in [-0.2, 0) is 10.3 Å². The van der Waals surface area contributed by atoms with E-state index in [0.29, 0.717) is 0 Å². The second-order valence-electron chi connectivity index (χ2n) is 7.90. The molecule has 170 valence electrons. The number of hydrogen-bond donors (Lipinski definition) is 1. The Hall–Kier alpha value is -2.31. The number of rotatable bonds is 14. The number of imidazole rings is 1. The summed E-state index contributed by atoms with van der Waals surface area (Å²) in [6.45, 7) is 5.38. The van der Waals surface area contributed by atoms with E-state index < -0.39 is 5.09 Å². The molecule has 7 nitrogen and oxygen atoms in total. The number of aromatic amines is 1. The Morgan fingerprint density at radius 2 is 1.67 bits per heavy atom. The standard InChI is InChI=1S/C23H38N2O.NO3/c1-3-5-6-7-8-9-10-11-12-13-19-26-22-15-14-16-23(4-2,20-22)25-18-17-24-21-25;2-1(3)4/h14-18,21H,3-13,19-20H2,1-2H3;/q;-1/p+1. The fraction of sp³-hybridized carbons (Fsp3) is 0.696. The second-order valence-corrected chi connectivity index (χ2v) is 7.90. The average Bonchev–Trinajstić information content (AvgIpc) is 3.27. The topological polar surface area (TPSA) is 95.1 Å². The summed E-state index contributed by atoms with van der Waals surface area (Å²) >= 11 is 0. The molecule has 1 N–H and O–H groups in total. The molecular weight excluding hydrogens is 382 g/mol. The van der Waals surface area contributed by atoms with Crippen LogP contribution in [0.3, 0.4) is 0 Å². The van der Waals surface area contributed by atoms with Crippen molar-refractivity contribution in [3.05, 3.63) is 58.0 Å². The summed E-state index contributed by atoms with van der Waals surface area (Å²) in [6.07, 6.45) is 28.4. The third kappa shape index (κ3) is 10.5. The van der Waals surface area contributed by atoms with Crippen molar-refractivity contribution in [1.82, 2.24) is 4.98 Å². The van der Waals surface area contributed by atoms with Gasteiger partial charge in [0, 0.05) is 0 Å². The fourth-order valence-electron chi connectivity index (χ4n) is 3.82. The van der Waals surface area contributed by atoms with Crippen LogP contribution in [0.1, 0.15) is 90.9 Å². The van der Waals surface area contributed by atoms with Crippen LogP contribution in [0, 0.1) is 15.3 Å². The molecule has 1 unspecified atom stereocenters. The van der Waals surface area contributed by atoms with Crippen LogP contribution >= 0.6 is 0 Å². The van der Waals surface area contributed by atoms with Crippen molar-refractivity contribution in [1.29, 1.82) is 0 Å². The van der Waals surface area contributed by atoms with E-state index >= 15 is 0 Å². The lowest BCUT2D eigenvalue weighted by atomic mass is 9.87. The lowest BCUT2D eigenvalue weighted by Gasteiger charge is -2.29. The number of unbranched alkanes of at least 4 members (excludes halogenated alkanes) is 9. The average molecular weight is 422 g/mol. The maximum atomic E-state index is 8.25. The summed E-state index contributed by atoms with van der Waals surface area (Å²) in [5, 5.41) is 14.8. The molecule has 0 fully saturated rings. The predicted molar refractivity (Wildman–Crippen MR) is 119 cm³/mol. The summed E-state index contributed by atoms with van der Waals surface area (Å²) < 4.78 is 8.36. The molecule has 1 aliphatic carbocycles. The summed E-state index contributed by atoms with van der Waals surface area (Å²) in [7, 11) is 0. The molecule has 0 radical (unpaired) electrons. The normalized spacial score (nSPS) is 17.7. The first-order chi connectivity index (χ1) is 14.5. The Kier molecular flexibility index (Phi) is 13.3. The van der Waals surface area contributed by atoms with Gasteiger partial charge in [-0.05, 0) is 25.0 Å². The van der Waals surface area contributed by atoms with Crippen LogP contribution in [0.25, 0.3) is 0 Å². The number of nitrogens with zero attached hydrogens (tertiary/aromatic N) is 2. The van der Waals surface area contributed by atoms with Gasteiger partial charge in [-0.3, -0.25) is 4.98 Å². The van der Waals surface area contributed by atoms with Gasteiger partial charge in [-0.15, -0.1) is 0 Å². The summed E-state index contributed by atoms with van der Waals surface area (Å²) in [5.74, 6) is 1.12. The van der Waals surface area contributed by atoms with Crippen molar-refractivity contribution in [2.75, 3.05) is 6.61 Å². The third-order valence-electron chi connectivity index (χ3n) is 5.63. The summed E-state index contributed by atoms with van der Waals surface area (Å²) in [6, 6.07) is 0. The van der Waals surface area contributed by atoms with Crippen LogP contribution in [-0.4, -0.2) is 16.7 Å². The number of ether oxygens (including phenoxy) is 1. The molecule has 1 heterocycles. The first-order valence-electron chi connectivity index (χ1n) is 11.4. The zero-order chi connectivity index (χ0) is 22.1. The first kappa shape index (κ1) is 25.7. The van der Waals surface area contributed by atoms with E-state index in [1.54, 1.807) is 0 Å². The molecule has 30 heavy (non-hydrogen) atoms. The summed E-state index contributed by atoms with van der Waals surface area (Å²) in [5.41, 5.74) is 0.0157. The van der Waals surface area contributed by atoms with Gasteiger partial charge in [-0.2, -0.15) is 0 Å². The van der Waals surface area contributed by atoms with Gasteiger partial charge in [-0.25, -0.2) is 4.57 Å². The quantitative estimate of drug-likeness (QED) is 0.174. The Balaban J connectivity index is 0.00000103. The SMILES string of the molecule is CCCCCCCCCCCCOC1=CC=CC(CC)([n+]2cc[nH]c2)C1.O=[N+]([O-])[O-]. The monoisotopic (exact) mass is 421 g/mol. The van der Waals surface area contributed by atoms with Crippen molar-refractivity contribution in [3.63, 3.8) is 0 Å². The molecule has 0 aromatic carbocycles. The number of nitrogens with one attached hydrogen (secondary N) is 1. The molecule has 0 amide bonds. The van der Waals surface area contributed by atoms with E-state index in [1.807, 2.05) is 12.5 Å². The zero-order valence-corrected chi connectivity index (χ0v) is 18.7. The van der Waals surface area contributed by atoms with E-state index in [9.17, 15) is 0 Å². The molecule has 1 atom stereocenters. The third-order valence-corrected chi connectivity index (χ3v) is 5.63. The van der Waals surface area contributed by atoms with Crippen molar-refractivity contribution in [2.24, 2.45) is 0 Å². The van der Waals surface area contributed by atoms with Gasteiger partial charge in [0.15, 0.2) is 0 Å². The van der Waals surface area contributed by atoms with Gasteiger partial charge in [-0.1, -0.05) is 77.7 Å². The Morgan fingerprint density at radius 3 is 2.20 bits per heavy atom. The van der Waals surface area contributed by atoms with Crippen LogP contribution < -0.4 is 4.57 Å². The number of allylic oxidation sites excluding steroid dienone is 4. The van der Waals surface area contributed by atoms with Gasteiger partial charge in [0.1, 0.15) is 23.7 Å². The highest BCUT2D eigenvalue weighted by Gasteiger charge is 2.35. The van der Waals surface area contributed by atoms with E-state index in [2.05, 4.69) is 47.8 Å². The van der Waals surface area contributed by atoms with Crippen molar-refractivity contribution >= 4 is 0 Å². The molecule has 0 spiro atoms. The number of H-pyrrole nitrogens is 1.